The fourth-order valence-electron chi connectivity index (χ4n) is 6.89. The quantitative estimate of drug-likeness (QED) is 0.134. The second-order valence-corrected chi connectivity index (χ2v) is 13.8. The van der Waals surface area contributed by atoms with Crippen LogP contribution in [0.1, 0.15) is 49.8 Å². The second-order valence-electron chi connectivity index (χ2n) is 13.1. The Balaban J connectivity index is 1.11. The smallest absolute Gasteiger partial charge is 0.235 e. The average Bonchev–Trinajstić information content (AvgIpc) is 3.65. The lowest BCUT2D eigenvalue weighted by molar-refractivity contribution is -0.119. The van der Waals surface area contributed by atoms with Gasteiger partial charge in [-0.2, -0.15) is 0 Å². The molecule has 2 aromatic carbocycles. The number of amides is 1. The van der Waals surface area contributed by atoms with Crippen LogP contribution in [0.4, 0.5) is 0 Å². The summed E-state index contributed by atoms with van der Waals surface area (Å²) in [5.74, 6) is 1.11. The number of carbonyl (C=O) groups excluding carboxylic acids is 1. The number of aliphatic hydroxyl groups is 1. The fraction of sp³-hybridized carbons (Fsp3) is 0.378. The highest BCUT2D eigenvalue weighted by atomic mass is 35.5. The molecule has 0 bridgehead atoms. The predicted octanol–water partition coefficient (Wildman–Crippen LogP) is 6.54. The summed E-state index contributed by atoms with van der Waals surface area (Å²) in [6, 6.07) is 11.8. The van der Waals surface area contributed by atoms with Gasteiger partial charge in [0.25, 0.3) is 0 Å². The highest BCUT2D eigenvalue weighted by molar-refractivity contribution is 6.39. The Morgan fingerprint density at radius 1 is 1.00 bits per heavy atom. The van der Waals surface area contributed by atoms with E-state index in [4.69, 9.17) is 47.9 Å². The number of halogens is 2. The van der Waals surface area contributed by atoms with Gasteiger partial charge in [-0.3, -0.25) is 14.8 Å². The van der Waals surface area contributed by atoms with Crippen molar-refractivity contribution in [2.45, 2.75) is 63.6 Å². The fourth-order valence-corrected chi connectivity index (χ4v) is 7.54. The molecule has 49 heavy (non-hydrogen) atoms. The van der Waals surface area contributed by atoms with Gasteiger partial charge in [0.05, 0.1) is 47.0 Å². The van der Waals surface area contributed by atoms with Crippen molar-refractivity contribution >= 4 is 40.3 Å². The summed E-state index contributed by atoms with van der Waals surface area (Å²) in [4.78, 5) is 30.8. The Hall–Kier alpha value is -4.09. The first kappa shape index (κ1) is 33.4. The summed E-state index contributed by atoms with van der Waals surface area (Å²) in [5, 5.41) is 17.1. The Kier molecular flexibility index (Phi) is 9.82. The maximum absolute atomic E-state index is 11.5. The van der Waals surface area contributed by atoms with E-state index in [1.807, 2.05) is 48.0 Å². The lowest BCUT2D eigenvalue weighted by Crippen LogP contribution is -2.35. The number of methoxy groups -OCH3 is 1. The van der Waals surface area contributed by atoms with Crippen LogP contribution < -0.4 is 15.4 Å². The number of benzene rings is 2. The van der Waals surface area contributed by atoms with Gasteiger partial charge in [0.1, 0.15) is 11.2 Å². The zero-order valence-corrected chi connectivity index (χ0v) is 29.1. The van der Waals surface area contributed by atoms with Gasteiger partial charge in [-0.05, 0) is 51.0 Å². The monoisotopic (exact) mass is 699 g/mol. The van der Waals surface area contributed by atoms with E-state index in [-0.39, 0.29) is 18.1 Å². The lowest BCUT2D eigenvalue weighted by Gasteiger charge is -2.31. The molecule has 5 aromatic rings. The first-order chi connectivity index (χ1) is 23.8. The molecule has 3 N–H and O–H groups in total. The van der Waals surface area contributed by atoms with Crippen molar-refractivity contribution in [2.75, 3.05) is 13.7 Å². The van der Waals surface area contributed by atoms with Crippen molar-refractivity contribution in [1.29, 1.82) is 0 Å². The number of hydrogen-bond acceptors (Lipinski definition) is 8. The van der Waals surface area contributed by atoms with Crippen molar-refractivity contribution in [1.82, 2.24) is 35.1 Å². The lowest BCUT2D eigenvalue weighted by atomic mass is 9.82. The number of fused-ring (bicyclic) bond motifs is 1. The van der Waals surface area contributed by atoms with Crippen LogP contribution in [0.5, 0.6) is 5.88 Å². The van der Waals surface area contributed by atoms with Gasteiger partial charge >= 0.3 is 0 Å². The zero-order valence-electron chi connectivity index (χ0n) is 27.5. The van der Waals surface area contributed by atoms with E-state index in [0.717, 1.165) is 77.8 Å². The summed E-state index contributed by atoms with van der Waals surface area (Å²) >= 11 is 14.2. The molecule has 1 amide bonds. The second kappa shape index (κ2) is 14.4. The highest BCUT2D eigenvalue weighted by Crippen LogP contribution is 2.42. The van der Waals surface area contributed by atoms with Crippen LogP contribution >= 0.6 is 23.2 Å². The van der Waals surface area contributed by atoms with Gasteiger partial charge in [0, 0.05) is 60.1 Å². The largest absolute Gasteiger partial charge is 0.480 e. The molecule has 7 rings (SSSR count). The van der Waals surface area contributed by atoms with Crippen molar-refractivity contribution in [3.8, 4) is 39.5 Å². The van der Waals surface area contributed by atoms with Crippen LogP contribution in [0, 0.1) is 5.92 Å². The van der Waals surface area contributed by atoms with E-state index in [2.05, 4.69) is 16.8 Å². The number of aryl methyl sites for hydroxylation is 2. The molecule has 0 radical (unpaired) electrons. The van der Waals surface area contributed by atoms with E-state index in [9.17, 15) is 9.90 Å². The molecule has 1 saturated carbocycles. The van der Waals surface area contributed by atoms with Crippen LogP contribution in [-0.2, 0) is 24.8 Å². The molecule has 1 aliphatic carbocycles. The molecule has 0 unspecified atom stereocenters. The molecule has 3 aromatic heterocycles. The maximum atomic E-state index is 11.5. The molecular formula is C37H39Cl2N7O3. The third kappa shape index (κ3) is 7.01. The Morgan fingerprint density at radius 2 is 1.67 bits per heavy atom. The highest BCUT2D eigenvalue weighted by Gasteiger charge is 2.27. The molecular weight excluding hydrogens is 661 g/mol. The first-order valence-electron chi connectivity index (χ1n) is 16.8. The number of hydrogen-bond donors (Lipinski definition) is 3. The molecule has 1 atom stereocenters. The van der Waals surface area contributed by atoms with Gasteiger partial charge < -0.3 is 25.0 Å². The molecule has 2 aliphatic rings. The van der Waals surface area contributed by atoms with E-state index in [1.165, 1.54) is 0 Å². The summed E-state index contributed by atoms with van der Waals surface area (Å²) < 4.78 is 7.62. The maximum Gasteiger partial charge on any atom is 0.235 e. The molecule has 10 nitrogen and oxygen atoms in total. The molecule has 12 heteroatoms. The minimum Gasteiger partial charge on any atom is -0.480 e. The van der Waals surface area contributed by atoms with Crippen LogP contribution in [-0.4, -0.2) is 61.3 Å². The topological polar surface area (TPSA) is 127 Å². The van der Waals surface area contributed by atoms with Crippen molar-refractivity contribution < 1.29 is 14.6 Å². The number of aliphatic hydroxyl groups excluding tert-OH is 1. The standard InChI is InChI=1S/C37H39Cl2N7O3/c1-46-20-22(17-40-16-21-14-24(47)15-21)35-36(46)44-30(19-42-35)27-9-4-7-25(33(27)38)26-8-5-10-28(34(26)39)31-18-41-29(37(45-31)49-2)11-3-6-23-12-13-32(48)43-23/h4-5,7-10,18-21,23-24,40,47H,3,6,11-17H2,1-2H3,(H,43,48)/t21?,23-,24?/m0/s1. The predicted molar refractivity (Wildman–Crippen MR) is 192 cm³/mol. The number of carbonyl (C=O) groups is 1. The van der Waals surface area contributed by atoms with E-state index in [0.29, 0.717) is 58.2 Å². The molecule has 0 spiro atoms. The first-order valence-corrected chi connectivity index (χ1v) is 17.5. The Morgan fingerprint density at radius 3 is 2.33 bits per heavy atom. The third-order valence-electron chi connectivity index (χ3n) is 9.60. The number of nitrogens with zero attached hydrogens (tertiary/aromatic N) is 5. The zero-order chi connectivity index (χ0) is 34.1. The molecule has 1 aliphatic heterocycles. The minimum absolute atomic E-state index is 0.126. The summed E-state index contributed by atoms with van der Waals surface area (Å²) in [6.07, 6.45) is 11.1. The van der Waals surface area contributed by atoms with Crippen molar-refractivity contribution in [2.24, 2.45) is 13.0 Å². The average molecular weight is 701 g/mol. The normalized spacial score (nSPS) is 18.9. The van der Waals surface area contributed by atoms with Crippen LogP contribution in [0.2, 0.25) is 10.0 Å². The van der Waals surface area contributed by atoms with Crippen LogP contribution in [0.15, 0.2) is 55.0 Å². The van der Waals surface area contributed by atoms with Crippen molar-refractivity contribution in [3.05, 3.63) is 76.3 Å². The van der Waals surface area contributed by atoms with Gasteiger partial charge in [-0.25, -0.2) is 9.97 Å². The van der Waals surface area contributed by atoms with E-state index < -0.39 is 0 Å². The summed E-state index contributed by atoms with van der Waals surface area (Å²) in [5.41, 5.74) is 7.72. The van der Waals surface area contributed by atoms with Crippen LogP contribution in [0.3, 0.4) is 0 Å². The summed E-state index contributed by atoms with van der Waals surface area (Å²) in [7, 11) is 3.56. The number of ether oxygens (including phenoxy) is 1. The molecule has 254 valence electrons. The van der Waals surface area contributed by atoms with E-state index in [1.54, 1.807) is 19.5 Å². The van der Waals surface area contributed by atoms with Crippen LogP contribution in [0.25, 0.3) is 44.8 Å². The van der Waals surface area contributed by atoms with Gasteiger partial charge in [0.2, 0.25) is 11.8 Å². The van der Waals surface area contributed by atoms with E-state index >= 15 is 0 Å². The minimum atomic E-state index is -0.148. The molecule has 1 saturated heterocycles. The Bertz CT molecular complexity index is 2010. The molecule has 4 heterocycles. The molecule has 2 fully saturated rings. The van der Waals surface area contributed by atoms with Gasteiger partial charge in [0.15, 0.2) is 5.65 Å². The Labute approximate surface area is 295 Å². The number of nitrogens with one attached hydrogen (secondary N) is 2. The number of rotatable bonds is 12. The SMILES string of the molecule is COc1nc(-c2cccc(-c3cccc(-c4cnc5c(CNCC6CC(O)C6)cn(C)c5n4)c3Cl)c2Cl)cnc1CCC[C@H]1CCC(=O)N1. The van der Waals surface area contributed by atoms with Gasteiger partial charge in [-0.15, -0.1) is 0 Å². The summed E-state index contributed by atoms with van der Waals surface area (Å²) in [6.45, 7) is 1.56. The van der Waals surface area contributed by atoms with Crippen molar-refractivity contribution in [3.63, 3.8) is 0 Å². The number of aromatic nitrogens is 5. The van der Waals surface area contributed by atoms with Gasteiger partial charge in [-0.1, -0.05) is 59.6 Å². The third-order valence-corrected chi connectivity index (χ3v) is 10.4.